The Bertz CT molecular complexity index is 397. The van der Waals surface area contributed by atoms with Crippen molar-refractivity contribution in [2.24, 2.45) is 5.73 Å². The Morgan fingerprint density at radius 2 is 2.50 bits per heavy atom. The molecule has 14 heavy (non-hydrogen) atoms. The Labute approximate surface area is 85.0 Å². The van der Waals surface area contributed by atoms with Gasteiger partial charge in [-0.2, -0.15) is 4.98 Å². The summed E-state index contributed by atoms with van der Waals surface area (Å²) in [7, 11) is 0. The molecule has 0 unspecified atom stereocenters. The molecule has 0 saturated heterocycles. The summed E-state index contributed by atoms with van der Waals surface area (Å²) in [6, 6.07) is -0.185. The SMILES string of the molecule is CC[C@H](N)c1nc(-c2cscn2)no1. The molecule has 2 aromatic heterocycles. The van der Waals surface area contributed by atoms with Crippen molar-refractivity contribution in [3.8, 4) is 11.5 Å². The van der Waals surface area contributed by atoms with Crippen LogP contribution in [0.1, 0.15) is 25.3 Å². The van der Waals surface area contributed by atoms with E-state index in [-0.39, 0.29) is 6.04 Å². The molecule has 5 nitrogen and oxygen atoms in total. The first-order valence-electron chi connectivity index (χ1n) is 4.29. The molecule has 0 amide bonds. The number of thiazole rings is 1. The lowest BCUT2D eigenvalue weighted by molar-refractivity contribution is 0.352. The second-order valence-electron chi connectivity index (χ2n) is 2.84. The predicted octanol–water partition coefficient (Wildman–Crippen LogP) is 1.60. The molecular weight excluding hydrogens is 200 g/mol. The lowest BCUT2D eigenvalue weighted by Crippen LogP contribution is -2.08. The highest BCUT2D eigenvalue weighted by Crippen LogP contribution is 2.18. The largest absolute Gasteiger partial charge is 0.337 e. The van der Waals surface area contributed by atoms with Gasteiger partial charge >= 0.3 is 0 Å². The minimum Gasteiger partial charge on any atom is -0.337 e. The van der Waals surface area contributed by atoms with E-state index in [1.54, 1.807) is 5.51 Å². The van der Waals surface area contributed by atoms with E-state index in [1.807, 2.05) is 12.3 Å². The minimum absolute atomic E-state index is 0.185. The van der Waals surface area contributed by atoms with Gasteiger partial charge in [-0.3, -0.25) is 0 Å². The van der Waals surface area contributed by atoms with E-state index in [1.165, 1.54) is 11.3 Å². The Balaban J connectivity index is 2.26. The van der Waals surface area contributed by atoms with Crippen LogP contribution < -0.4 is 5.73 Å². The Kier molecular flexibility index (Phi) is 2.55. The molecule has 0 aliphatic carbocycles. The molecule has 2 heterocycles. The summed E-state index contributed by atoms with van der Waals surface area (Å²) in [4.78, 5) is 8.24. The third-order valence-electron chi connectivity index (χ3n) is 1.86. The second kappa shape index (κ2) is 3.85. The number of aromatic nitrogens is 3. The molecule has 0 fully saturated rings. The summed E-state index contributed by atoms with van der Waals surface area (Å²) in [5.74, 6) is 0.973. The number of hydrogen-bond acceptors (Lipinski definition) is 6. The van der Waals surface area contributed by atoms with Crippen LogP contribution >= 0.6 is 11.3 Å². The van der Waals surface area contributed by atoms with E-state index in [0.717, 1.165) is 12.1 Å². The zero-order valence-electron chi connectivity index (χ0n) is 7.67. The summed E-state index contributed by atoms with van der Waals surface area (Å²) >= 11 is 1.49. The van der Waals surface area contributed by atoms with E-state index in [4.69, 9.17) is 10.3 Å². The third kappa shape index (κ3) is 1.66. The zero-order valence-corrected chi connectivity index (χ0v) is 8.49. The molecule has 0 radical (unpaired) electrons. The highest BCUT2D eigenvalue weighted by atomic mass is 32.1. The van der Waals surface area contributed by atoms with Gasteiger partial charge in [-0.1, -0.05) is 12.1 Å². The van der Waals surface area contributed by atoms with Crippen LogP contribution in [0.5, 0.6) is 0 Å². The standard InChI is InChI=1S/C8H10N4OS/c1-2-5(9)8-11-7(12-13-8)6-3-14-4-10-6/h3-5H,2,9H2,1H3/t5-/m0/s1. The van der Waals surface area contributed by atoms with Crippen LogP contribution in [0.15, 0.2) is 15.4 Å². The third-order valence-corrected chi connectivity index (χ3v) is 2.45. The van der Waals surface area contributed by atoms with Crippen molar-refractivity contribution in [2.45, 2.75) is 19.4 Å². The van der Waals surface area contributed by atoms with Crippen LogP contribution in [0.4, 0.5) is 0 Å². The number of nitrogens with zero attached hydrogens (tertiary/aromatic N) is 3. The van der Waals surface area contributed by atoms with Gasteiger partial charge < -0.3 is 10.3 Å². The van der Waals surface area contributed by atoms with Crippen molar-refractivity contribution >= 4 is 11.3 Å². The zero-order chi connectivity index (χ0) is 9.97. The van der Waals surface area contributed by atoms with Gasteiger partial charge in [0.1, 0.15) is 5.69 Å². The molecule has 0 aromatic carbocycles. The average molecular weight is 210 g/mol. The van der Waals surface area contributed by atoms with Gasteiger partial charge in [0.05, 0.1) is 11.6 Å². The lowest BCUT2D eigenvalue weighted by Gasteiger charge is -1.98. The molecular formula is C8H10N4OS. The van der Waals surface area contributed by atoms with Crippen LogP contribution in [0.2, 0.25) is 0 Å². The monoisotopic (exact) mass is 210 g/mol. The first-order chi connectivity index (χ1) is 6.81. The highest BCUT2D eigenvalue weighted by Gasteiger charge is 2.14. The molecule has 0 bridgehead atoms. The Morgan fingerprint density at radius 1 is 1.64 bits per heavy atom. The molecule has 2 aromatic rings. The molecule has 6 heteroatoms. The van der Waals surface area contributed by atoms with Crippen molar-refractivity contribution in [1.29, 1.82) is 0 Å². The van der Waals surface area contributed by atoms with Gasteiger partial charge in [0.25, 0.3) is 0 Å². The van der Waals surface area contributed by atoms with Crippen molar-refractivity contribution in [1.82, 2.24) is 15.1 Å². The molecule has 1 atom stereocenters. The molecule has 2 rings (SSSR count). The van der Waals surface area contributed by atoms with Crippen molar-refractivity contribution in [2.75, 3.05) is 0 Å². The summed E-state index contributed by atoms with van der Waals surface area (Å²) in [6.45, 7) is 1.97. The van der Waals surface area contributed by atoms with Crippen LogP contribution in [-0.2, 0) is 0 Å². The molecule has 0 spiro atoms. The van der Waals surface area contributed by atoms with Crippen molar-refractivity contribution in [3.05, 3.63) is 16.8 Å². The quantitative estimate of drug-likeness (QED) is 0.832. The molecule has 0 aliphatic heterocycles. The van der Waals surface area contributed by atoms with Crippen molar-refractivity contribution < 1.29 is 4.52 Å². The van der Waals surface area contributed by atoms with Gasteiger partial charge in [0, 0.05) is 5.38 Å². The van der Waals surface area contributed by atoms with Crippen LogP contribution in [-0.4, -0.2) is 15.1 Å². The number of rotatable bonds is 3. The lowest BCUT2D eigenvalue weighted by atomic mass is 10.2. The first-order valence-corrected chi connectivity index (χ1v) is 5.23. The summed E-state index contributed by atoms with van der Waals surface area (Å²) in [5.41, 5.74) is 8.20. The average Bonchev–Trinajstić information content (AvgIpc) is 2.86. The van der Waals surface area contributed by atoms with Gasteiger partial charge in [0.15, 0.2) is 0 Å². The maximum atomic E-state index is 5.75. The highest BCUT2D eigenvalue weighted by molar-refractivity contribution is 7.07. The molecule has 74 valence electrons. The van der Waals surface area contributed by atoms with E-state index >= 15 is 0 Å². The number of hydrogen-bond donors (Lipinski definition) is 1. The molecule has 0 aliphatic rings. The van der Waals surface area contributed by atoms with Crippen LogP contribution in [0.3, 0.4) is 0 Å². The van der Waals surface area contributed by atoms with E-state index < -0.39 is 0 Å². The molecule has 0 saturated carbocycles. The normalized spacial score (nSPS) is 13.0. The Morgan fingerprint density at radius 3 is 3.14 bits per heavy atom. The predicted molar refractivity (Wildman–Crippen MR) is 52.6 cm³/mol. The van der Waals surface area contributed by atoms with Gasteiger partial charge in [0.2, 0.25) is 11.7 Å². The smallest absolute Gasteiger partial charge is 0.243 e. The fourth-order valence-electron chi connectivity index (χ4n) is 0.987. The topological polar surface area (TPSA) is 77.8 Å². The van der Waals surface area contributed by atoms with Gasteiger partial charge in [-0.15, -0.1) is 11.3 Å². The minimum atomic E-state index is -0.185. The summed E-state index contributed by atoms with van der Waals surface area (Å²) < 4.78 is 5.02. The first kappa shape index (κ1) is 9.29. The second-order valence-corrected chi connectivity index (χ2v) is 3.56. The number of nitrogens with two attached hydrogens (primary N) is 1. The van der Waals surface area contributed by atoms with E-state index in [0.29, 0.717) is 11.7 Å². The van der Waals surface area contributed by atoms with Gasteiger partial charge in [-0.25, -0.2) is 4.98 Å². The fraction of sp³-hybridized carbons (Fsp3) is 0.375. The maximum Gasteiger partial charge on any atom is 0.243 e. The Hall–Kier alpha value is -1.27. The summed E-state index contributed by atoms with van der Waals surface area (Å²) in [5, 5.41) is 5.67. The summed E-state index contributed by atoms with van der Waals surface area (Å²) in [6.07, 6.45) is 0.776. The van der Waals surface area contributed by atoms with Crippen LogP contribution in [0.25, 0.3) is 11.5 Å². The molecule has 2 N–H and O–H groups in total. The van der Waals surface area contributed by atoms with E-state index in [9.17, 15) is 0 Å². The van der Waals surface area contributed by atoms with Crippen molar-refractivity contribution in [3.63, 3.8) is 0 Å². The van der Waals surface area contributed by atoms with E-state index in [2.05, 4.69) is 15.1 Å². The maximum absolute atomic E-state index is 5.75. The van der Waals surface area contributed by atoms with Gasteiger partial charge in [-0.05, 0) is 6.42 Å². The van der Waals surface area contributed by atoms with Crippen LogP contribution in [0, 0.1) is 0 Å². The fourth-order valence-corrected chi connectivity index (χ4v) is 1.52.